The summed E-state index contributed by atoms with van der Waals surface area (Å²) in [4.78, 5) is 79.7. The lowest BCUT2D eigenvalue weighted by Crippen LogP contribution is -2.55. The summed E-state index contributed by atoms with van der Waals surface area (Å²) in [5.74, 6) is 1.34. The van der Waals surface area contributed by atoms with E-state index in [9.17, 15) is 19.2 Å². The predicted octanol–water partition coefficient (Wildman–Crippen LogP) is 9.14. The number of aromatic nitrogens is 6. The fraction of sp³-hybridized carbons (Fsp3) is 0.500. The Morgan fingerprint density at radius 1 is 0.865 bits per heavy atom. The second kappa shape index (κ2) is 18.5. The molecule has 4 aliphatic heterocycles. The highest BCUT2D eigenvalue weighted by atomic mass is 32.1. The van der Waals surface area contributed by atoms with Crippen molar-refractivity contribution in [2.24, 2.45) is 17.8 Å². The van der Waals surface area contributed by atoms with Gasteiger partial charge in [0.1, 0.15) is 35.3 Å². The van der Waals surface area contributed by atoms with Crippen LogP contribution in [-0.4, -0.2) is 114 Å². The predicted molar refractivity (Wildman–Crippen MR) is 271 cm³/mol. The summed E-state index contributed by atoms with van der Waals surface area (Å²) in [6, 6.07) is 9.30. The van der Waals surface area contributed by atoms with Gasteiger partial charge >= 0.3 is 12.2 Å². The van der Waals surface area contributed by atoms with E-state index in [2.05, 4.69) is 26.7 Å². The summed E-state index contributed by atoms with van der Waals surface area (Å²) in [5.41, 5.74) is 4.12. The maximum absolute atomic E-state index is 17.0. The lowest BCUT2D eigenvalue weighted by molar-refractivity contribution is -0.140. The standard InChI is InChI=1S/C54H61FN10O8S/c1-26(2)44(61-52(68)70-5)49(66)63-14-7-8-37(63)46-56-24-35(60-46)30-17-33(55)43-39-19-31-16-28(11-12-36(31)65(39)51(73-41(43)21-30)48-58-25-42(74-48)27-9-10-27)34-23-57-47(59-34)40-20-32-18-38(32)64(40)50(67)45(62-53(69)71-6)29-13-15-72-54(3,4)22-29/h11-12,16-17,19,21,23-27,29,32,37-38,40,44-45,51H,7-10,13-15,18,20,22H2,1-6H3,(H,56,60)(H,57,59)(H,61,68)(H,62,69)/t29?,32?,37?,38?,40-,44-,45?,51?/m0/s1. The molecule has 8 atom stereocenters. The first-order chi connectivity index (χ1) is 35.7. The molecule has 2 aliphatic carbocycles. The van der Waals surface area contributed by atoms with E-state index in [1.165, 1.54) is 25.2 Å². The van der Waals surface area contributed by atoms with Crippen molar-refractivity contribution in [1.82, 2.24) is 49.9 Å². The number of hydrogen-bond donors (Lipinski definition) is 4. The third-order valence-corrected chi connectivity index (χ3v) is 17.2. The number of imidazole rings is 2. The van der Waals surface area contributed by atoms with Crippen LogP contribution < -0.4 is 15.4 Å². The minimum Gasteiger partial charge on any atom is -0.462 e. The van der Waals surface area contributed by atoms with Crippen molar-refractivity contribution in [3.05, 3.63) is 82.3 Å². The lowest BCUT2D eigenvalue weighted by Gasteiger charge is -2.40. The monoisotopic (exact) mass is 1030 g/mol. The Balaban J connectivity index is 0.849. The number of nitrogens with zero attached hydrogens (tertiary/aromatic N) is 6. The minimum atomic E-state index is -0.776. The molecule has 74 heavy (non-hydrogen) atoms. The van der Waals surface area contributed by atoms with Gasteiger partial charge in [0.2, 0.25) is 18.0 Å². The average molecular weight is 1030 g/mol. The zero-order chi connectivity index (χ0) is 51.3. The molecule has 4 aromatic heterocycles. The van der Waals surface area contributed by atoms with Gasteiger partial charge in [0.15, 0.2) is 5.01 Å². The highest BCUT2D eigenvalue weighted by Crippen LogP contribution is 2.54. The summed E-state index contributed by atoms with van der Waals surface area (Å²) >= 11 is 1.62. The number of carbonyl (C=O) groups is 4. The number of halogens is 1. The summed E-state index contributed by atoms with van der Waals surface area (Å²) in [7, 11) is 2.58. The number of H-pyrrole nitrogens is 2. The van der Waals surface area contributed by atoms with Gasteiger partial charge in [-0.3, -0.25) is 14.2 Å². The zero-order valence-corrected chi connectivity index (χ0v) is 43.1. The number of ether oxygens (including phenoxy) is 4. The Morgan fingerprint density at radius 2 is 1.61 bits per heavy atom. The minimum absolute atomic E-state index is 0.0755. The molecule has 0 radical (unpaired) electrons. The van der Waals surface area contributed by atoms with Gasteiger partial charge in [-0.25, -0.2) is 28.9 Å². The molecule has 4 amide bonds. The molecule has 0 spiro atoms. The van der Waals surface area contributed by atoms with Gasteiger partial charge in [0.25, 0.3) is 0 Å². The van der Waals surface area contributed by atoms with E-state index >= 15 is 4.39 Å². The number of piperidine rings is 1. The third kappa shape index (κ3) is 8.66. The fourth-order valence-electron chi connectivity index (χ4n) is 12.0. The number of nitrogens with one attached hydrogen (secondary N) is 4. The number of amides is 4. The van der Waals surface area contributed by atoms with E-state index < -0.39 is 41.9 Å². The number of rotatable bonds is 12. The topological polar surface area (TPSA) is 211 Å². The van der Waals surface area contributed by atoms with E-state index in [-0.39, 0.29) is 41.8 Å². The highest BCUT2D eigenvalue weighted by Gasteiger charge is 2.57. The van der Waals surface area contributed by atoms with E-state index in [1.54, 1.807) is 28.6 Å². The Bertz CT molecular complexity index is 3190. The van der Waals surface area contributed by atoms with Crippen molar-refractivity contribution < 1.29 is 42.5 Å². The van der Waals surface area contributed by atoms with E-state index in [1.807, 2.05) is 67.6 Å². The molecule has 12 rings (SSSR count). The first-order valence-electron chi connectivity index (χ1n) is 25.8. The average Bonchev–Trinajstić information content (AvgIpc) is 3.84. The largest absolute Gasteiger partial charge is 0.462 e. The molecule has 0 bridgehead atoms. The first kappa shape index (κ1) is 48.2. The first-order valence-corrected chi connectivity index (χ1v) is 26.7. The van der Waals surface area contributed by atoms with Crippen LogP contribution in [0.3, 0.4) is 0 Å². The van der Waals surface area contributed by atoms with Crippen LogP contribution in [-0.2, 0) is 23.8 Å². The molecule has 2 aromatic carbocycles. The summed E-state index contributed by atoms with van der Waals surface area (Å²) in [6.45, 7) is 8.77. The normalized spacial score (nSPS) is 24.4. The molecule has 4 N–H and O–H groups in total. The summed E-state index contributed by atoms with van der Waals surface area (Å²) < 4.78 is 41.7. The van der Waals surface area contributed by atoms with Crippen LogP contribution in [0.5, 0.6) is 5.75 Å². The number of alkyl carbamates (subject to hydrolysis) is 2. The van der Waals surface area contributed by atoms with Crippen LogP contribution >= 0.6 is 11.3 Å². The molecule has 18 nitrogen and oxygen atoms in total. The number of carbonyl (C=O) groups excluding carboxylic acids is 4. The molecule has 6 aliphatic rings. The van der Waals surface area contributed by atoms with E-state index in [4.69, 9.17) is 33.9 Å². The number of aromatic amines is 2. The van der Waals surface area contributed by atoms with Crippen molar-refractivity contribution in [1.29, 1.82) is 0 Å². The zero-order valence-electron chi connectivity index (χ0n) is 42.3. The molecule has 2 saturated carbocycles. The molecule has 388 valence electrons. The molecule has 20 heteroatoms. The Morgan fingerprint density at radius 3 is 2.34 bits per heavy atom. The number of benzene rings is 2. The smallest absolute Gasteiger partial charge is 0.407 e. The van der Waals surface area contributed by atoms with Crippen molar-refractivity contribution >= 4 is 46.2 Å². The van der Waals surface area contributed by atoms with Gasteiger partial charge in [0.05, 0.1) is 72.5 Å². The van der Waals surface area contributed by atoms with E-state index in [0.29, 0.717) is 84.2 Å². The van der Waals surface area contributed by atoms with Crippen LogP contribution in [0.2, 0.25) is 0 Å². The second-order valence-electron chi connectivity index (χ2n) is 21.8. The van der Waals surface area contributed by atoms with Gasteiger partial charge in [-0.15, -0.1) is 11.3 Å². The maximum atomic E-state index is 17.0. The van der Waals surface area contributed by atoms with Crippen LogP contribution in [0.4, 0.5) is 14.0 Å². The van der Waals surface area contributed by atoms with Gasteiger partial charge in [0, 0.05) is 46.8 Å². The van der Waals surface area contributed by atoms with Gasteiger partial charge in [-0.1, -0.05) is 19.9 Å². The van der Waals surface area contributed by atoms with Crippen LogP contribution in [0.15, 0.2) is 55.0 Å². The van der Waals surface area contributed by atoms with Crippen LogP contribution in [0.25, 0.3) is 44.7 Å². The number of fused-ring (bicyclic) bond motifs is 6. The molecule has 5 fully saturated rings. The van der Waals surface area contributed by atoms with Gasteiger partial charge in [-0.05, 0) is 119 Å². The maximum Gasteiger partial charge on any atom is 0.407 e. The molecule has 6 unspecified atom stereocenters. The molecular formula is C54H61FN10O8S. The second-order valence-corrected chi connectivity index (χ2v) is 22.9. The van der Waals surface area contributed by atoms with Crippen molar-refractivity contribution in [3.8, 4) is 39.5 Å². The van der Waals surface area contributed by atoms with Crippen LogP contribution in [0, 0.1) is 23.6 Å². The molecule has 6 aromatic rings. The molecular weight excluding hydrogens is 968 g/mol. The Kier molecular flexibility index (Phi) is 12.1. The Labute approximate surface area is 431 Å². The van der Waals surface area contributed by atoms with Gasteiger partial charge < -0.3 is 49.3 Å². The number of thiazole rings is 1. The van der Waals surface area contributed by atoms with Crippen molar-refractivity contribution in [3.63, 3.8) is 0 Å². The Hall–Kier alpha value is -6.80. The fourth-order valence-corrected chi connectivity index (χ4v) is 13.1. The van der Waals surface area contributed by atoms with Crippen molar-refractivity contribution in [2.75, 3.05) is 27.4 Å². The number of likely N-dealkylation sites (tertiary alicyclic amines) is 2. The molecule has 3 saturated heterocycles. The van der Waals surface area contributed by atoms with Gasteiger partial charge in [-0.2, -0.15) is 0 Å². The van der Waals surface area contributed by atoms with E-state index in [0.717, 1.165) is 59.3 Å². The summed E-state index contributed by atoms with van der Waals surface area (Å²) in [6.07, 6.45) is 10.0. The number of hydrogen-bond acceptors (Lipinski definition) is 12. The van der Waals surface area contributed by atoms with Crippen LogP contribution in [0.1, 0.15) is 125 Å². The molecule has 8 heterocycles. The quantitative estimate of drug-likeness (QED) is 0.0908. The summed E-state index contributed by atoms with van der Waals surface area (Å²) in [5, 5.41) is 7.22. The highest BCUT2D eigenvalue weighted by molar-refractivity contribution is 7.11. The number of methoxy groups -OCH3 is 2. The van der Waals surface area contributed by atoms with Crippen molar-refractivity contribution in [2.45, 2.75) is 127 Å². The third-order valence-electron chi connectivity index (χ3n) is 16.0. The lowest BCUT2D eigenvalue weighted by atomic mass is 9.82. The SMILES string of the molecule is COC(=O)NC(C(=O)N1C2CC2C[C@H]1c1ncc(-c2ccc3c(c2)cc2n3C(c3ncc(C4CC4)s3)Oc3cc(-c4cnc(C5CCCN5C(=O)[C@@H](NC(=O)OC)C(C)C)[nH]4)cc(F)c3-2)[nH]1)C1CCOC(C)(C)C1.